The lowest BCUT2D eigenvalue weighted by atomic mass is 10.0. The van der Waals surface area contributed by atoms with E-state index < -0.39 is 5.76 Å². The van der Waals surface area contributed by atoms with Crippen molar-refractivity contribution in [2.75, 3.05) is 18.8 Å². The van der Waals surface area contributed by atoms with E-state index in [4.69, 9.17) is 11.6 Å². The van der Waals surface area contributed by atoms with Crippen LogP contribution in [0.2, 0.25) is 5.02 Å². The van der Waals surface area contributed by atoms with Crippen molar-refractivity contribution in [1.29, 1.82) is 0 Å². The molecular weight excluding hydrogens is 328 g/mol. The standard InChI is InChI=1S/C16H18ClF2NOS/c17-13-6-4-5-12(9-13)14(15(21)11-22-16(18)19)10-20-7-2-1-3-8-20/h4-6,9-10,16H,1-3,7-8,11H2/b14-10-. The van der Waals surface area contributed by atoms with Crippen LogP contribution in [0.25, 0.3) is 5.57 Å². The van der Waals surface area contributed by atoms with Crippen molar-refractivity contribution in [3.8, 4) is 0 Å². The summed E-state index contributed by atoms with van der Waals surface area (Å²) < 4.78 is 24.7. The van der Waals surface area contributed by atoms with Gasteiger partial charge in [-0.3, -0.25) is 4.79 Å². The Kier molecular flexibility index (Phi) is 6.70. The molecule has 2 nitrogen and oxygen atoms in total. The first-order valence-corrected chi connectivity index (χ1v) is 8.63. The molecule has 1 saturated heterocycles. The van der Waals surface area contributed by atoms with Crippen molar-refractivity contribution in [3.63, 3.8) is 0 Å². The molecule has 22 heavy (non-hydrogen) atoms. The Labute approximate surface area is 138 Å². The minimum Gasteiger partial charge on any atom is -0.377 e. The second kappa shape index (κ2) is 8.53. The number of benzene rings is 1. The Morgan fingerprint density at radius 3 is 2.68 bits per heavy atom. The predicted molar refractivity (Wildman–Crippen MR) is 88.3 cm³/mol. The third-order valence-electron chi connectivity index (χ3n) is 3.48. The molecule has 0 N–H and O–H groups in total. The molecule has 0 amide bonds. The SMILES string of the molecule is O=C(CSC(F)F)/C(=C\N1CCCCC1)c1cccc(Cl)c1. The quantitative estimate of drug-likeness (QED) is 0.697. The van der Waals surface area contributed by atoms with Crippen LogP contribution < -0.4 is 0 Å². The summed E-state index contributed by atoms with van der Waals surface area (Å²) in [6.07, 6.45) is 5.16. The smallest absolute Gasteiger partial charge is 0.285 e. The Bertz CT molecular complexity index is 545. The maximum atomic E-state index is 12.3. The number of hydrogen-bond acceptors (Lipinski definition) is 3. The fraction of sp³-hybridized carbons (Fsp3) is 0.438. The summed E-state index contributed by atoms with van der Waals surface area (Å²) in [7, 11) is 0. The number of piperidine rings is 1. The molecule has 1 aromatic rings. The van der Waals surface area contributed by atoms with Crippen LogP contribution >= 0.6 is 23.4 Å². The molecule has 1 aliphatic heterocycles. The van der Waals surface area contributed by atoms with E-state index in [1.165, 1.54) is 6.42 Å². The number of rotatable bonds is 6. The molecule has 1 fully saturated rings. The third kappa shape index (κ3) is 5.29. The summed E-state index contributed by atoms with van der Waals surface area (Å²) in [4.78, 5) is 14.4. The number of carbonyl (C=O) groups is 1. The van der Waals surface area contributed by atoms with Crippen molar-refractivity contribution in [3.05, 3.63) is 41.1 Å². The van der Waals surface area contributed by atoms with Gasteiger partial charge in [-0.2, -0.15) is 8.78 Å². The number of ketones is 1. The first-order chi connectivity index (χ1) is 10.6. The van der Waals surface area contributed by atoms with Gasteiger partial charge >= 0.3 is 0 Å². The predicted octanol–water partition coefficient (Wildman–Crippen LogP) is 4.69. The van der Waals surface area contributed by atoms with Crippen LogP contribution in [0.1, 0.15) is 24.8 Å². The van der Waals surface area contributed by atoms with E-state index in [1.807, 2.05) is 0 Å². The van der Waals surface area contributed by atoms with Crippen molar-refractivity contribution in [2.45, 2.75) is 25.0 Å². The van der Waals surface area contributed by atoms with Gasteiger partial charge in [0, 0.05) is 29.9 Å². The van der Waals surface area contributed by atoms with Gasteiger partial charge in [0.1, 0.15) is 0 Å². The number of allylic oxidation sites excluding steroid dienone is 1. The monoisotopic (exact) mass is 345 g/mol. The molecule has 0 spiro atoms. The van der Waals surface area contributed by atoms with Gasteiger partial charge in [-0.05, 0) is 37.0 Å². The number of carbonyl (C=O) groups excluding carboxylic acids is 1. The van der Waals surface area contributed by atoms with E-state index in [9.17, 15) is 13.6 Å². The van der Waals surface area contributed by atoms with E-state index in [2.05, 4.69) is 4.90 Å². The maximum Gasteiger partial charge on any atom is 0.285 e. The average molecular weight is 346 g/mol. The van der Waals surface area contributed by atoms with Crippen LogP contribution in [0.15, 0.2) is 30.5 Å². The molecule has 1 aromatic carbocycles. The Balaban J connectivity index is 2.23. The van der Waals surface area contributed by atoms with Gasteiger partial charge < -0.3 is 4.90 Å². The third-order valence-corrected chi connectivity index (χ3v) is 4.39. The lowest BCUT2D eigenvalue weighted by Crippen LogP contribution is -2.25. The van der Waals surface area contributed by atoms with Gasteiger partial charge in [-0.1, -0.05) is 35.5 Å². The van der Waals surface area contributed by atoms with Crippen molar-refractivity contribution in [1.82, 2.24) is 4.90 Å². The zero-order valence-corrected chi connectivity index (χ0v) is 13.7. The summed E-state index contributed by atoms with van der Waals surface area (Å²) >= 11 is 6.34. The summed E-state index contributed by atoms with van der Waals surface area (Å²) in [6.45, 7) is 1.78. The molecular formula is C16H18ClF2NOS. The summed E-state index contributed by atoms with van der Waals surface area (Å²) in [6, 6.07) is 6.96. The number of hydrogen-bond donors (Lipinski definition) is 0. The zero-order valence-electron chi connectivity index (χ0n) is 12.1. The van der Waals surface area contributed by atoms with E-state index >= 15 is 0 Å². The number of alkyl halides is 2. The Hall–Kier alpha value is -1.07. The van der Waals surface area contributed by atoms with E-state index in [0.29, 0.717) is 27.9 Å². The van der Waals surface area contributed by atoms with Crippen molar-refractivity contribution < 1.29 is 13.6 Å². The van der Waals surface area contributed by atoms with Crippen LogP contribution in [-0.4, -0.2) is 35.3 Å². The molecule has 1 heterocycles. The zero-order chi connectivity index (χ0) is 15.9. The second-order valence-electron chi connectivity index (χ2n) is 5.14. The first kappa shape index (κ1) is 17.3. The highest BCUT2D eigenvalue weighted by atomic mass is 35.5. The number of likely N-dealkylation sites (tertiary alicyclic amines) is 1. The van der Waals surface area contributed by atoms with Crippen molar-refractivity contribution in [2.24, 2.45) is 0 Å². The fourth-order valence-electron chi connectivity index (χ4n) is 2.41. The lowest BCUT2D eigenvalue weighted by Gasteiger charge is -2.26. The van der Waals surface area contributed by atoms with Crippen LogP contribution in [0.5, 0.6) is 0 Å². The topological polar surface area (TPSA) is 20.3 Å². The van der Waals surface area contributed by atoms with Gasteiger partial charge in [0.2, 0.25) is 0 Å². The number of nitrogens with zero attached hydrogens (tertiary/aromatic N) is 1. The van der Waals surface area contributed by atoms with E-state index in [0.717, 1.165) is 25.9 Å². The number of thioether (sulfide) groups is 1. The molecule has 0 aromatic heterocycles. The molecule has 2 rings (SSSR count). The van der Waals surface area contributed by atoms with Crippen molar-refractivity contribution >= 4 is 34.7 Å². The maximum absolute atomic E-state index is 12.3. The van der Waals surface area contributed by atoms with Crippen LogP contribution in [0.3, 0.4) is 0 Å². The Morgan fingerprint density at radius 2 is 2.05 bits per heavy atom. The highest BCUT2D eigenvalue weighted by molar-refractivity contribution is 8.00. The second-order valence-corrected chi connectivity index (χ2v) is 6.56. The normalized spacial score (nSPS) is 16.2. The van der Waals surface area contributed by atoms with Gasteiger partial charge in [0.15, 0.2) is 5.78 Å². The van der Waals surface area contributed by atoms with Gasteiger partial charge in [0.25, 0.3) is 5.76 Å². The van der Waals surface area contributed by atoms with Gasteiger partial charge in [0.05, 0.1) is 5.75 Å². The molecule has 0 unspecified atom stereocenters. The van der Waals surface area contributed by atoms with Crippen LogP contribution in [0, 0.1) is 0 Å². The fourth-order valence-corrected chi connectivity index (χ4v) is 3.03. The minimum atomic E-state index is -2.54. The average Bonchev–Trinajstić information content (AvgIpc) is 2.51. The largest absolute Gasteiger partial charge is 0.377 e. The summed E-state index contributed by atoms with van der Waals surface area (Å²) in [5.74, 6) is -3.07. The minimum absolute atomic E-state index is 0.232. The molecule has 0 radical (unpaired) electrons. The highest BCUT2D eigenvalue weighted by Gasteiger charge is 2.17. The summed E-state index contributed by atoms with van der Waals surface area (Å²) in [5.41, 5.74) is 1.13. The van der Waals surface area contributed by atoms with E-state index in [1.54, 1.807) is 30.5 Å². The number of Topliss-reactive ketones (excluding diaryl/α,β-unsaturated/α-hetero) is 1. The highest BCUT2D eigenvalue weighted by Crippen LogP contribution is 2.24. The first-order valence-electron chi connectivity index (χ1n) is 7.21. The molecule has 120 valence electrons. The molecule has 0 aliphatic carbocycles. The van der Waals surface area contributed by atoms with Gasteiger partial charge in [-0.15, -0.1) is 0 Å². The van der Waals surface area contributed by atoms with Crippen LogP contribution in [0.4, 0.5) is 8.78 Å². The molecule has 1 aliphatic rings. The lowest BCUT2D eigenvalue weighted by molar-refractivity contribution is -0.111. The molecule has 0 saturated carbocycles. The molecule has 6 heteroatoms. The molecule has 0 bridgehead atoms. The summed E-state index contributed by atoms with van der Waals surface area (Å²) in [5, 5.41) is 0.524. The molecule has 0 atom stereocenters. The van der Waals surface area contributed by atoms with Gasteiger partial charge in [-0.25, -0.2) is 0 Å². The van der Waals surface area contributed by atoms with Crippen LogP contribution in [-0.2, 0) is 4.79 Å². The van der Waals surface area contributed by atoms with E-state index in [-0.39, 0.29) is 11.5 Å². The number of halogens is 3. The Morgan fingerprint density at radius 1 is 1.32 bits per heavy atom.